The molecule has 2 N–H and O–H groups in total. The minimum atomic E-state index is -0.842. The molecule has 0 heterocycles. The molecule has 0 bridgehead atoms. The molecule has 0 saturated carbocycles. The zero-order valence-corrected chi connectivity index (χ0v) is 17.0. The summed E-state index contributed by atoms with van der Waals surface area (Å²) in [6, 6.07) is 0. The molecule has 0 aromatic carbocycles. The lowest BCUT2D eigenvalue weighted by atomic mass is 10.2. The van der Waals surface area contributed by atoms with Gasteiger partial charge in [0, 0.05) is 54.5 Å². The van der Waals surface area contributed by atoms with Crippen LogP contribution in [0.2, 0.25) is 0 Å². The molecule has 0 fully saturated rings. The molecule has 0 atom stereocenters. The van der Waals surface area contributed by atoms with Crippen molar-refractivity contribution in [2.75, 3.05) is 33.8 Å². The maximum absolute atomic E-state index is 11.4. The fourth-order valence-corrected chi connectivity index (χ4v) is 2.26. The van der Waals surface area contributed by atoms with Gasteiger partial charge in [0.05, 0.1) is 0 Å². The van der Waals surface area contributed by atoms with Crippen LogP contribution in [0.5, 0.6) is 0 Å². The molecule has 0 spiro atoms. The van der Waals surface area contributed by atoms with Crippen LogP contribution in [0.25, 0.3) is 0 Å². The maximum atomic E-state index is 11.4. The van der Waals surface area contributed by atoms with E-state index in [0.29, 0.717) is 19.3 Å². The highest BCUT2D eigenvalue weighted by Crippen LogP contribution is 2.02. The predicted molar refractivity (Wildman–Crippen MR) is 132 cm³/mol. The lowest BCUT2D eigenvalue weighted by Crippen LogP contribution is -2.27. The first-order valence-electron chi connectivity index (χ1n) is 9.60. The summed E-state index contributed by atoms with van der Waals surface area (Å²) in [5.41, 5.74) is 0. The molecule has 0 aliphatic heterocycles. The number of carboxylic acid groups (broad SMARTS) is 1. The lowest BCUT2D eigenvalue weighted by molar-refractivity contribution is -0.137. The van der Waals surface area contributed by atoms with Crippen LogP contribution in [-0.2, 0) is 14.4 Å². The molecule has 0 aliphatic rings. The largest absolute Gasteiger partial charge is 0.481 e. The molecule has 30 heavy (non-hydrogen) atoms. The second-order valence-corrected chi connectivity index (χ2v) is 6.41. The van der Waals surface area contributed by atoms with Gasteiger partial charge in [-0.15, -0.1) is 0 Å². The van der Waals surface area contributed by atoms with E-state index in [1.54, 1.807) is 16.8 Å². The van der Waals surface area contributed by atoms with Crippen molar-refractivity contribution in [3.63, 3.8) is 0 Å². The quantitative estimate of drug-likeness (QED) is 0.378. The summed E-state index contributed by atoms with van der Waals surface area (Å²) in [7, 11) is 3.59. The Morgan fingerprint density at radius 1 is 0.700 bits per heavy atom. The summed E-state index contributed by atoms with van der Waals surface area (Å²) in [4.78, 5) is 36.2. The maximum Gasteiger partial charge on any atom is 0.303 e. The summed E-state index contributed by atoms with van der Waals surface area (Å²) >= 11 is 0. The number of hydrogen-bond donors (Lipinski definition) is 2. The highest BCUT2D eigenvalue weighted by molar-refractivity contribution is 5.76. The highest BCUT2D eigenvalue weighted by atomic mass is 16.4. The van der Waals surface area contributed by atoms with Gasteiger partial charge in [-0.3, -0.25) is 14.4 Å². The molecule has 7 nitrogen and oxygen atoms in total. The van der Waals surface area contributed by atoms with Crippen LogP contribution in [0.4, 0.5) is 0 Å². The summed E-state index contributed by atoms with van der Waals surface area (Å²) < 4.78 is 0. The Hall–Kier alpha value is -1.63. The van der Waals surface area contributed by atoms with Gasteiger partial charge < -0.3 is 20.0 Å². The molecule has 0 unspecified atom stereocenters. The SMILES string of the molecule is C.C.C.C.CCCN(C)C(=O)CCCC(=O)O.CCCN(C)C(=O)CCCCCO.[HH]. The van der Waals surface area contributed by atoms with E-state index in [4.69, 9.17) is 10.2 Å². The van der Waals surface area contributed by atoms with E-state index in [1.165, 1.54) is 0 Å². The molecule has 0 saturated heterocycles. The molecular weight excluding hydrogens is 384 g/mol. The minimum absolute atomic E-state index is 0. The van der Waals surface area contributed by atoms with Crippen LogP contribution in [0.1, 0.15) is 103 Å². The summed E-state index contributed by atoms with van der Waals surface area (Å²) in [6.45, 7) is 5.89. The van der Waals surface area contributed by atoms with Crippen LogP contribution in [0.15, 0.2) is 0 Å². The molecular formula is C23H56N2O5. The van der Waals surface area contributed by atoms with E-state index < -0.39 is 5.97 Å². The Labute approximate surface area is 189 Å². The molecule has 0 radical (unpaired) electrons. The van der Waals surface area contributed by atoms with Crippen LogP contribution >= 0.6 is 0 Å². The first kappa shape index (κ1) is 42.5. The summed E-state index contributed by atoms with van der Waals surface area (Å²) in [5, 5.41) is 16.9. The third kappa shape index (κ3) is 28.6. The van der Waals surface area contributed by atoms with Gasteiger partial charge in [-0.25, -0.2) is 0 Å². The van der Waals surface area contributed by atoms with E-state index in [1.807, 2.05) is 14.0 Å². The number of hydrogen-bond acceptors (Lipinski definition) is 4. The summed E-state index contributed by atoms with van der Waals surface area (Å²) in [6.07, 6.45) is 6.06. The van der Waals surface area contributed by atoms with Crippen molar-refractivity contribution in [2.45, 2.75) is 101 Å². The van der Waals surface area contributed by atoms with Gasteiger partial charge in [0.25, 0.3) is 0 Å². The van der Waals surface area contributed by atoms with Crippen molar-refractivity contribution < 1.29 is 26.0 Å². The van der Waals surface area contributed by atoms with Crippen molar-refractivity contribution in [3.8, 4) is 0 Å². The molecule has 0 aromatic heterocycles. The second kappa shape index (κ2) is 29.6. The van der Waals surface area contributed by atoms with E-state index >= 15 is 0 Å². The molecule has 188 valence electrons. The fourth-order valence-electron chi connectivity index (χ4n) is 2.26. The highest BCUT2D eigenvalue weighted by Gasteiger charge is 2.08. The van der Waals surface area contributed by atoms with Crippen molar-refractivity contribution in [1.29, 1.82) is 0 Å². The van der Waals surface area contributed by atoms with Gasteiger partial charge in [0.1, 0.15) is 0 Å². The Bertz CT molecular complexity index is 396. The third-order valence-electron chi connectivity index (χ3n) is 3.80. The first-order chi connectivity index (χ1) is 12.3. The normalized spacial score (nSPS) is 8.57. The predicted octanol–water partition coefficient (Wildman–Crippen LogP) is 5.31. The number of rotatable bonds is 13. The molecule has 0 rings (SSSR count). The van der Waals surface area contributed by atoms with E-state index in [9.17, 15) is 14.4 Å². The average molecular weight is 441 g/mol. The minimum Gasteiger partial charge on any atom is -0.481 e. The zero-order valence-electron chi connectivity index (χ0n) is 17.0. The first-order valence-corrected chi connectivity index (χ1v) is 9.60. The van der Waals surface area contributed by atoms with Gasteiger partial charge >= 0.3 is 5.97 Å². The van der Waals surface area contributed by atoms with Crippen LogP contribution in [0.3, 0.4) is 0 Å². The van der Waals surface area contributed by atoms with Crippen molar-refractivity contribution >= 4 is 17.8 Å². The Morgan fingerprint density at radius 2 is 1.10 bits per heavy atom. The van der Waals surface area contributed by atoms with Crippen molar-refractivity contribution in [3.05, 3.63) is 0 Å². The van der Waals surface area contributed by atoms with E-state index in [2.05, 4.69) is 6.92 Å². The van der Waals surface area contributed by atoms with Crippen molar-refractivity contribution in [2.24, 2.45) is 0 Å². The van der Waals surface area contributed by atoms with Gasteiger partial charge in [-0.1, -0.05) is 50.0 Å². The number of aliphatic hydroxyl groups excluding tert-OH is 1. The van der Waals surface area contributed by atoms with Gasteiger partial charge in [-0.2, -0.15) is 0 Å². The summed E-state index contributed by atoms with van der Waals surface area (Å²) in [5.74, 6) is -0.589. The van der Waals surface area contributed by atoms with Crippen LogP contribution < -0.4 is 0 Å². The number of carbonyl (C=O) groups excluding carboxylic acids is 2. The van der Waals surface area contributed by atoms with E-state index in [-0.39, 0.29) is 56.0 Å². The monoisotopic (exact) mass is 440 g/mol. The lowest BCUT2D eigenvalue weighted by Gasteiger charge is -2.15. The smallest absolute Gasteiger partial charge is 0.303 e. The number of carbonyl (C=O) groups is 3. The van der Waals surface area contributed by atoms with Gasteiger partial charge in [0.2, 0.25) is 11.8 Å². The Kier molecular flexibility index (Phi) is 41.9. The van der Waals surface area contributed by atoms with Crippen LogP contribution in [0, 0.1) is 0 Å². The third-order valence-corrected chi connectivity index (χ3v) is 3.80. The average Bonchev–Trinajstić information content (AvgIpc) is 2.59. The number of aliphatic hydroxyl groups is 1. The van der Waals surface area contributed by atoms with E-state index in [0.717, 1.165) is 45.2 Å². The molecule has 2 amide bonds. The van der Waals surface area contributed by atoms with Gasteiger partial charge in [-0.05, 0) is 32.1 Å². The topological polar surface area (TPSA) is 98.2 Å². The molecule has 0 aliphatic carbocycles. The fraction of sp³-hybridized carbons (Fsp3) is 0.870. The number of carboxylic acids is 1. The number of amides is 2. The second-order valence-electron chi connectivity index (χ2n) is 6.41. The Balaban J connectivity index is -0.0000000640. The Morgan fingerprint density at radius 3 is 1.43 bits per heavy atom. The van der Waals surface area contributed by atoms with Crippen molar-refractivity contribution in [1.82, 2.24) is 9.80 Å². The standard InChI is InChI=1S/C10H21NO2.C9H17NO3.4CH4.H2/c1-3-8-11(2)10(13)7-5-4-6-9-12;1-3-7-10(2)8(11)5-4-6-9(12)13;;;;;/h12H,3-9H2,1-2H3;3-7H2,1-2H3,(H,12,13);4*1H4;1H. The van der Waals surface area contributed by atoms with Crippen LogP contribution in [-0.4, -0.2) is 71.6 Å². The molecule has 7 heteroatoms. The van der Waals surface area contributed by atoms with Gasteiger partial charge in [0.15, 0.2) is 0 Å². The number of nitrogens with zero attached hydrogens (tertiary/aromatic N) is 2. The number of aliphatic carboxylic acids is 1. The zero-order chi connectivity index (χ0) is 20.4. The number of unbranched alkanes of at least 4 members (excludes halogenated alkanes) is 2. The molecule has 0 aromatic rings.